The summed E-state index contributed by atoms with van der Waals surface area (Å²) in [5.41, 5.74) is 1.79. The Kier molecular flexibility index (Phi) is 5.54. The van der Waals surface area contributed by atoms with E-state index in [0.717, 1.165) is 16.7 Å². The highest BCUT2D eigenvalue weighted by Gasteiger charge is 2.31. The van der Waals surface area contributed by atoms with Gasteiger partial charge in [-0.3, -0.25) is 10.1 Å². The van der Waals surface area contributed by atoms with E-state index >= 15 is 0 Å². The largest absolute Gasteiger partial charge is 0.383 e. The predicted molar refractivity (Wildman–Crippen MR) is 93.4 cm³/mol. The van der Waals surface area contributed by atoms with Crippen molar-refractivity contribution in [3.05, 3.63) is 32.3 Å². The van der Waals surface area contributed by atoms with Gasteiger partial charge in [0.1, 0.15) is 0 Å². The molecule has 0 amide bonds. The fourth-order valence-electron chi connectivity index (χ4n) is 2.91. The van der Waals surface area contributed by atoms with Crippen molar-refractivity contribution in [3.63, 3.8) is 0 Å². The van der Waals surface area contributed by atoms with E-state index in [1.54, 1.807) is 13.0 Å². The lowest BCUT2D eigenvalue weighted by Crippen LogP contribution is -2.35. The third-order valence-electron chi connectivity index (χ3n) is 4.28. The van der Waals surface area contributed by atoms with E-state index in [1.165, 1.54) is 32.1 Å². The van der Waals surface area contributed by atoms with Crippen LogP contribution in [-0.2, 0) is 0 Å². The Morgan fingerprint density at radius 2 is 2.05 bits per heavy atom. The minimum atomic E-state index is -0.339. The highest BCUT2D eigenvalue weighted by atomic mass is 79.9. The maximum Gasteiger partial charge on any atom is 0.273 e. The molecule has 1 N–H and O–H groups in total. The number of thioether (sulfide) groups is 1. The van der Waals surface area contributed by atoms with E-state index in [9.17, 15) is 10.1 Å². The molecule has 1 saturated carbocycles. The first-order chi connectivity index (χ1) is 9.97. The molecule has 1 fully saturated rings. The van der Waals surface area contributed by atoms with Crippen molar-refractivity contribution in [2.75, 3.05) is 18.1 Å². The first kappa shape index (κ1) is 16.6. The van der Waals surface area contributed by atoms with Gasteiger partial charge in [0.05, 0.1) is 4.92 Å². The number of nitrogens with zero attached hydrogens (tertiary/aromatic N) is 1. The number of nitrogens with one attached hydrogen (secondary N) is 1. The van der Waals surface area contributed by atoms with Crippen LogP contribution in [0.4, 0.5) is 11.4 Å². The predicted octanol–water partition coefficient (Wildman–Crippen LogP) is 5.14. The molecule has 116 valence electrons. The summed E-state index contributed by atoms with van der Waals surface area (Å²) in [6.45, 7) is 2.69. The van der Waals surface area contributed by atoms with Crippen LogP contribution in [0, 0.1) is 17.0 Å². The van der Waals surface area contributed by atoms with Gasteiger partial charge in [-0.25, -0.2) is 0 Å². The van der Waals surface area contributed by atoms with Crippen molar-refractivity contribution in [3.8, 4) is 0 Å². The van der Waals surface area contributed by atoms with Crippen molar-refractivity contribution in [2.45, 2.75) is 43.8 Å². The van der Waals surface area contributed by atoms with Gasteiger partial charge in [0.2, 0.25) is 0 Å². The van der Waals surface area contributed by atoms with E-state index in [4.69, 9.17) is 0 Å². The number of aryl methyl sites for hydroxylation is 1. The third-order valence-corrected chi connectivity index (χ3v) is 6.36. The van der Waals surface area contributed by atoms with E-state index < -0.39 is 0 Å². The minimum absolute atomic E-state index is 0.157. The Bertz CT molecular complexity index is 531. The van der Waals surface area contributed by atoms with Crippen LogP contribution in [0.25, 0.3) is 0 Å². The Morgan fingerprint density at radius 1 is 1.38 bits per heavy atom. The number of anilines is 1. The van der Waals surface area contributed by atoms with Gasteiger partial charge in [-0.1, -0.05) is 19.3 Å². The minimum Gasteiger partial charge on any atom is -0.383 e. The molecule has 2 rings (SSSR count). The molecular weight excluding hydrogens is 352 g/mol. The van der Waals surface area contributed by atoms with Crippen LogP contribution in [0.2, 0.25) is 0 Å². The molecule has 1 aromatic rings. The van der Waals surface area contributed by atoms with Gasteiger partial charge >= 0.3 is 0 Å². The molecule has 0 aliphatic heterocycles. The SMILES string of the molecule is CSC1(CNc2cc(C)c([N+](=O)[O-])cc2Br)CCCCC1. The summed E-state index contributed by atoms with van der Waals surface area (Å²) in [6, 6.07) is 3.45. The van der Waals surface area contributed by atoms with Gasteiger partial charge in [-0.15, -0.1) is 0 Å². The summed E-state index contributed by atoms with van der Waals surface area (Å²) in [4.78, 5) is 10.6. The third kappa shape index (κ3) is 3.92. The van der Waals surface area contributed by atoms with Crippen molar-refractivity contribution < 1.29 is 4.92 Å². The normalized spacial score (nSPS) is 17.5. The highest BCUT2D eigenvalue weighted by molar-refractivity contribution is 9.10. The van der Waals surface area contributed by atoms with Crippen LogP contribution in [-0.4, -0.2) is 22.5 Å². The lowest BCUT2D eigenvalue weighted by molar-refractivity contribution is -0.385. The van der Waals surface area contributed by atoms with Crippen LogP contribution in [0.15, 0.2) is 16.6 Å². The zero-order chi connectivity index (χ0) is 15.5. The summed E-state index contributed by atoms with van der Waals surface area (Å²) in [5, 5.41) is 14.4. The number of hydrogen-bond donors (Lipinski definition) is 1. The first-order valence-electron chi connectivity index (χ1n) is 7.21. The van der Waals surface area contributed by atoms with E-state index in [-0.39, 0.29) is 10.6 Å². The lowest BCUT2D eigenvalue weighted by Gasteiger charge is -2.36. The average molecular weight is 373 g/mol. The molecule has 1 aromatic carbocycles. The molecule has 4 nitrogen and oxygen atoms in total. The van der Waals surface area contributed by atoms with E-state index in [0.29, 0.717) is 10.3 Å². The number of nitro groups is 1. The first-order valence-corrected chi connectivity index (χ1v) is 9.23. The summed E-state index contributed by atoms with van der Waals surface area (Å²) < 4.78 is 1.06. The summed E-state index contributed by atoms with van der Waals surface area (Å²) in [7, 11) is 0. The quantitative estimate of drug-likeness (QED) is 0.573. The summed E-state index contributed by atoms with van der Waals surface area (Å²) in [5.74, 6) is 0. The van der Waals surface area contributed by atoms with Crippen LogP contribution in [0.5, 0.6) is 0 Å². The second kappa shape index (κ2) is 7.01. The number of hydrogen-bond acceptors (Lipinski definition) is 4. The Morgan fingerprint density at radius 3 is 2.62 bits per heavy atom. The van der Waals surface area contributed by atoms with E-state index in [1.807, 2.05) is 17.8 Å². The van der Waals surface area contributed by atoms with E-state index in [2.05, 4.69) is 27.5 Å². The molecule has 0 heterocycles. The van der Waals surface area contributed by atoms with Gasteiger partial charge in [-0.05, 0) is 48.0 Å². The van der Waals surface area contributed by atoms with Gasteiger partial charge < -0.3 is 5.32 Å². The van der Waals surface area contributed by atoms with Crippen LogP contribution >= 0.6 is 27.7 Å². The van der Waals surface area contributed by atoms with Gasteiger partial charge in [0.25, 0.3) is 5.69 Å². The molecule has 0 aromatic heterocycles. The Hall–Kier alpha value is -0.750. The van der Waals surface area contributed by atoms with Crippen molar-refractivity contribution in [1.29, 1.82) is 0 Å². The zero-order valence-corrected chi connectivity index (χ0v) is 14.8. The van der Waals surface area contributed by atoms with Crippen LogP contribution in [0.1, 0.15) is 37.7 Å². The molecular formula is C15H21BrN2O2S. The van der Waals surface area contributed by atoms with Crippen molar-refractivity contribution in [1.82, 2.24) is 0 Å². The number of rotatable bonds is 5. The van der Waals surface area contributed by atoms with Crippen molar-refractivity contribution in [2.24, 2.45) is 0 Å². The van der Waals surface area contributed by atoms with Gasteiger partial charge in [0, 0.05) is 33.1 Å². The fraction of sp³-hybridized carbons (Fsp3) is 0.600. The Labute approximate surface area is 138 Å². The van der Waals surface area contributed by atoms with Crippen molar-refractivity contribution >= 4 is 39.1 Å². The Balaban J connectivity index is 2.12. The molecule has 1 aliphatic rings. The molecule has 0 bridgehead atoms. The summed E-state index contributed by atoms with van der Waals surface area (Å²) in [6.07, 6.45) is 8.59. The second-order valence-electron chi connectivity index (χ2n) is 5.68. The van der Waals surface area contributed by atoms with Crippen LogP contribution < -0.4 is 5.32 Å². The molecule has 0 atom stereocenters. The molecule has 0 unspecified atom stereocenters. The topological polar surface area (TPSA) is 55.2 Å². The molecule has 0 spiro atoms. The summed E-state index contributed by atoms with van der Waals surface area (Å²) >= 11 is 5.38. The maximum absolute atomic E-state index is 10.9. The second-order valence-corrected chi connectivity index (χ2v) is 7.81. The van der Waals surface area contributed by atoms with Gasteiger partial charge in [0.15, 0.2) is 0 Å². The lowest BCUT2D eigenvalue weighted by atomic mass is 9.88. The molecule has 1 aliphatic carbocycles. The van der Waals surface area contributed by atoms with Crippen LogP contribution in [0.3, 0.4) is 0 Å². The number of nitro benzene ring substituents is 1. The average Bonchev–Trinajstić information content (AvgIpc) is 2.48. The number of halogens is 1. The number of benzene rings is 1. The highest BCUT2D eigenvalue weighted by Crippen LogP contribution is 2.39. The molecule has 6 heteroatoms. The molecule has 21 heavy (non-hydrogen) atoms. The maximum atomic E-state index is 10.9. The smallest absolute Gasteiger partial charge is 0.273 e. The fourth-order valence-corrected chi connectivity index (χ4v) is 4.29. The zero-order valence-electron chi connectivity index (χ0n) is 12.4. The monoisotopic (exact) mass is 372 g/mol. The standard InChI is InChI=1S/C15H21BrN2O2S/c1-11-8-13(12(16)9-14(11)18(19)20)17-10-15(21-2)6-4-3-5-7-15/h8-9,17H,3-7,10H2,1-2H3. The molecule has 0 radical (unpaired) electrons. The molecule has 0 saturated heterocycles. The van der Waals surface area contributed by atoms with Gasteiger partial charge in [-0.2, -0.15) is 11.8 Å².